The molecule has 6 heteroatoms. The largest absolute Gasteiger partial charge is 0.481 e. The van der Waals surface area contributed by atoms with Gasteiger partial charge in [0.2, 0.25) is 0 Å². The van der Waals surface area contributed by atoms with Crippen molar-refractivity contribution in [2.24, 2.45) is 5.41 Å². The predicted octanol–water partition coefficient (Wildman–Crippen LogP) is 1.46. The van der Waals surface area contributed by atoms with Crippen LogP contribution < -0.4 is 0 Å². The van der Waals surface area contributed by atoms with E-state index in [4.69, 9.17) is 10.2 Å². The third-order valence-corrected chi connectivity index (χ3v) is 3.42. The molecule has 2 N–H and O–H groups in total. The summed E-state index contributed by atoms with van der Waals surface area (Å²) in [6.07, 6.45) is 1.27. The molecule has 0 amide bonds. The van der Waals surface area contributed by atoms with E-state index in [1.54, 1.807) is 0 Å². The maximum Gasteiger partial charge on any atom is 0.303 e. The molecule has 5 nitrogen and oxygen atoms in total. The van der Waals surface area contributed by atoms with Crippen molar-refractivity contribution in [2.45, 2.75) is 32.6 Å². The van der Waals surface area contributed by atoms with E-state index < -0.39 is 17.4 Å². The number of halogens is 1. The molecule has 0 spiro atoms. The summed E-state index contributed by atoms with van der Waals surface area (Å²) in [6.45, 7) is 4.60. The highest BCUT2D eigenvalue weighted by atomic mass is 35.5. The molecular weight excluding hydrogens is 246 g/mol. The average molecular weight is 266 g/mol. The van der Waals surface area contributed by atoms with Crippen LogP contribution >= 0.6 is 12.4 Å². The first kappa shape index (κ1) is 16.2. The molecule has 0 aromatic carbocycles. The molecule has 0 aromatic rings. The molecule has 0 unspecified atom stereocenters. The van der Waals surface area contributed by atoms with Gasteiger partial charge in [0.05, 0.1) is 12.8 Å². The Balaban J connectivity index is 0.00000256. The van der Waals surface area contributed by atoms with E-state index in [0.717, 1.165) is 19.6 Å². The van der Waals surface area contributed by atoms with Crippen LogP contribution in [0.15, 0.2) is 0 Å². The number of nitrogens with zero attached hydrogens (tertiary/aromatic N) is 1. The van der Waals surface area contributed by atoms with Crippen molar-refractivity contribution in [3.05, 3.63) is 0 Å². The van der Waals surface area contributed by atoms with E-state index >= 15 is 0 Å². The Morgan fingerprint density at radius 3 is 1.82 bits per heavy atom. The van der Waals surface area contributed by atoms with Crippen LogP contribution in [0.4, 0.5) is 0 Å². The van der Waals surface area contributed by atoms with Crippen molar-refractivity contribution in [3.63, 3.8) is 0 Å². The van der Waals surface area contributed by atoms with Crippen LogP contribution in [0.2, 0.25) is 0 Å². The van der Waals surface area contributed by atoms with E-state index in [-0.39, 0.29) is 25.2 Å². The Hall–Kier alpha value is -0.810. The zero-order valence-corrected chi connectivity index (χ0v) is 10.8. The quantitative estimate of drug-likeness (QED) is 0.787. The number of rotatable bonds is 5. The van der Waals surface area contributed by atoms with Crippen LogP contribution in [0.3, 0.4) is 0 Å². The third-order valence-electron chi connectivity index (χ3n) is 3.42. The Morgan fingerprint density at radius 2 is 1.53 bits per heavy atom. The van der Waals surface area contributed by atoms with Crippen LogP contribution in [0.25, 0.3) is 0 Å². The van der Waals surface area contributed by atoms with Gasteiger partial charge in [0.15, 0.2) is 0 Å². The normalized spacial score (nSPS) is 19.4. The number of aliphatic carboxylic acids is 2. The Bertz CT molecular complexity index is 257. The molecule has 0 radical (unpaired) electrons. The predicted molar refractivity (Wildman–Crippen MR) is 65.5 cm³/mol. The molecule has 1 rings (SSSR count). The monoisotopic (exact) mass is 265 g/mol. The lowest BCUT2D eigenvalue weighted by Gasteiger charge is -2.39. The summed E-state index contributed by atoms with van der Waals surface area (Å²) >= 11 is 0. The highest BCUT2D eigenvalue weighted by molar-refractivity contribution is 5.85. The van der Waals surface area contributed by atoms with Gasteiger partial charge >= 0.3 is 11.9 Å². The fraction of sp³-hybridized carbons (Fsp3) is 0.818. The summed E-state index contributed by atoms with van der Waals surface area (Å²) in [6, 6.07) is 0. The number of hydrogen-bond acceptors (Lipinski definition) is 3. The molecule has 0 aromatic heterocycles. The number of carboxylic acids is 2. The van der Waals surface area contributed by atoms with Gasteiger partial charge in [-0.15, -0.1) is 12.4 Å². The number of likely N-dealkylation sites (tertiary alicyclic amines) is 1. The minimum absolute atomic E-state index is 0. The third kappa shape index (κ3) is 4.91. The minimum atomic E-state index is -0.897. The van der Waals surface area contributed by atoms with Crippen molar-refractivity contribution < 1.29 is 19.8 Å². The smallest absolute Gasteiger partial charge is 0.303 e. The van der Waals surface area contributed by atoms with Gasteiger partial charge in [-0.1, -0.05) is 6.92 Å². The molecule has 0 aliphatic carbocycles. The first-order chi connectivity index (χ1) is 7.47. The highest BCUT2D eigenvalue weighted by Crippen LogP contribution is 2.38. The molecule has 1 heterocycles. The van der Waals surface area contributed by atoms with E-state index in [1.165, 1.54) is 0 Å². The first-order valence-electron chi connectivity index (χ1n) is 5.63. The Morgan fingerprint density at radius 1 is 1.12 bits per heavy atom. The lowest BCUT2D eigenvalue weighted by molar-refractivity contribution is -0.145. The standard InChI is InChI=1S/C11H19NO4.ClH/c1-2-12-5-3-11(4-6-12,7-9(13)14)8-10(15)16;/h2-8H2,1H3,(H,13,14)(H,15,16);1H. The molecular formula is C11H20ClNO4. The van der Waals surface area contributed by atoms with Gasteiger partial charge in [-0.25, -0.2) is 0 Å². The minimum Gasteiger partial charge on any atom is -0.481 e. The second-order valence-electron chi connectivity index (χ2n) is 4.58. The Labute approximate surface area is 107 Å². The van der Waals surface area contributed by atoms with E-state index in [2.05, 4.69) is 11.8 Å². The van der Waals surface area contributed by atoms with Gasteiger partial charge in [0.1, 0.15) is 0 Å². The van der Waals surface area contributed by atoms with Crippen LogP contribution in [-0.4, -0.2) is 46.7 Å². The van der Waals surface area contributed by atoms with Gasteiger partial charge in [-0.05, 0) is 37.9 Å². The zero-order chi connectivity index (χ0) is 12.2. The summed E-state index contributed by atoms with van der Waals surface area (Å²) in [5.74, 6) is -1.79. The molecule has 0 atom stereocenters. The van der Waals surface area contributed by atoms with Crippen LogP contribution in [-0.2, 0) is 9.59 Å². The SMILES string of the molecule is CCN1CCC(CC(=O)O)(CC(=O)O)CC1.Cl. The summed E-state index contributed by atoms with van der Waals surface area (Å²) in [5.41, 5.74) is -0.538. The average Bonchev–Trinajstić information content (AvgIpc) is 2.16. The van der Waals surface area contributed by atoms with Crippen molar-refractivity contribution in [1.29, 1.82) is 0 Å². The molecule has 1 aliphatic heterocycles. The molecule has 0 bridgehead atoms. The second kappa shape index (κ2) is 6.81. The Kier molecular flexibility index (Phi) is 6.49. The summed E-state index contributed by atoms with van der Waals surface area (Å²) in [4.78, 5) is 23.8. The van der Waals surface area contributed by atoms with Crippen molar-refractivity contribution in [1.82, 2.24) is 4.90 Å². The highest BCUT2D eigenvalue weighted by Gasteiger charge is 2.38. The lowest BCUT2D eigenvalue weighted by atomic mass is 9.73. The van der Waals surface area contributed by atoms with E-state index in [9.17, 15) is 9.59 Å². The molecule has 1 aliphatic rings. The van der Waals surface area contributed by atoms with Gasteiger partial charge in [-0.3, -0.25) is 9.59 Å². The first-order valence-corrected chi connectivity index (χ1v) is 5.63. The van der Waals surface area contributed by atoms with Crippen molar-refractivity contribution in [2.75, 3.05) is 19.6 Å². The molecule has 0 saturated carbocycles. The van der Waals surface area contributed by atoms with Gasteiger partial charge in [0, 0.05) is 0 Å². The summed E-state index contributed by atoms with van der Waals surface area (Å²) < 4.78 is 0. The summed E-state index contributed by atoms with van der Waals surface area (Å²) in [7, 11) is 0. The van der Waals surface area contributed by atoms with Crippen molar-refractivity contribution >= 4 is 24.3 Å². The van der Waals surface area contributed by atoms with Crippen LogP contribution in [0, 0.1) is 5.41 Å². The topological polar surface area (TPSA) is 77.8 Å². The van der Waals surface area contributed by atoms with Crippen LogP contribution in [0.5, 0.6) is 0 Å². The molecule has 100 valence electrons. The molecule has 17 heavy (non-hydrogen) atoms. The van der Waals surface area contributed by atoms with Crippen molar-refractivity contribution in [3.8, 4) is 0 Å². The van der Waals surface area contributed by atoms with Gasteiger partial charge < -0.3 is 15.1 Å². The number of carbonyl (C=O) groups is 2. The number of piperidine rings is 1. The second-order valence-corrected chi connectivity index (χ2v) is 4.58. The number of carboxylic acid groups (broad SMARTS) is 2. The summed E-state index contributed by atoms with van der Waals surface area (Å²) in [5, 5.41) is 17.7. The van der Waals surface area contributed by atoms with Gasteiger partial charge in [0.25, 0.3) is 0 Å². The molecule has 1 saturated heterocycles. The van der Waals surface area contributed by atoms with Gasteiger partial charge in [-0.2, -0.15) is 0 Å². The maximum absolute atomic E-state index is 10.8. The fourth-order valence-electron chi connectivity index (χ4n) is 2.40. The van der Waals surface area contributed by atoms with Crippen LogP contribution in [0.1, 0.15) is 32.6 Å². The van der Waals surface area contributed by atoms with E-state index in [1.807, 2.05) is 0 Å². The lowest BCUT2D eigenvalue weighted by Crippen LogP contribution is -2.42. The maximum atomic E-state index is 10.8. The zero-order valence-electron chi connectivity index (χ0n) is 10.0. The fourth-order valence-corrected chi connectivity index (χ4v) is 2.40. The van der Waals surface area contributed by atoms with E-state index in [0.29, 0.717) is 12.8 Å². The molecule has 1 fully saturated rings. The number of hydrogen-bond donors (Lipinski definition) is 2.